The fourth-order valence-electron chi connectivity index (χ4n) is 5.79. The Morgan fingerprint density at radius 3 is 1.51 bits per heavy atom. The molecule has 1 unspecified atom stereocenters. The Morgan fingerprint density at radius 1 is 0.634 bits per heavy atom. The molecule has 1 aliphatic rings. The molecule has 0 aliphatic carbocycles. The van der Waals surface area contributed by atoms with E-state index in [-0.39, 0.29) is 12.1 Å². The summed E-state index contributed by atoms with van der Waals surface area (Å²) < 4.78 is 17.0. The number of carbonyl (C=O) groups is 1. The van der Waals surface area contributed by atoms with Crippen molar-refractivity contribution in [3.63, 3.8) is 0 Å². The quantitative estimate of drug-likeness (QED) is 0.363. The second kappa shape index (κ2) is 25.0. The second-order valence-electron chi connectivity index (χ2n) is 12.3. The summed E-state index contributed by atoms with van der Waals surface area (Å²) in [7, 11) is 1.66. The number of aliphatic hydroxyl groups excluding tert-OH is 1. The molecule has 1 N–H and O–H groups in total. The zero-order chi connectivity index (χ0) is 29.2. The fourth-order valence-corrected chi connectivity index (χ4v) is 5.79. The van der Waals surface area contributed by atoms with Crippen LogP contribution in [0.25, 0.3) is 0 Å². The molecule has 5 nitrogen and oxygen atoms in total. The summed E-state index contributed by atoms with van der Waals surface area (Å²) in [4.78, 5) is 12.9. The lowest BCUT2D eigenvalue weighted by Gasteiger charge is -2.17. The molecule has 1 heterocycles. The lowest BCUT2D eigenvalue weighted by Crippen LogP contribution is -2.27. The van der Waals surface area contributed by atoms with Gasteiger partial charge in [-0.15, -0.1) is 0 Å². The third-order valence-corrected chi connectivity index (χ3v) is 8.55. The predicted molar refractivity (Wildman–Crippen MR) is 169 cm³/mol. The first-order valence-corrected chi connectivity index (χ1v) is 17.3. The van der Waals surface area contributed by atoms with E-state index in [9.17, 15) is 9.90 Å². The molecular formula is C36H62O5. The Hall–Kier alpha value is -1.59. The standard InChI is InChI=1S/C36H62O5/c1-39-34-28-26-32(27-29-34)31-41-35-25-20-18-16-14-12-10-8-6-4-2-3-5-7-9-11-13-15-17-19-23-33(37)24-21-22-30-40-36(35)38/h26-29,33,35,37H,2-25,30-31H2,1H3/t33?,35-/m0/s1. The van der Waals surface area contributed by atoms with Gasteiger partial charge in [-0.2, -0.15) is 0 Å². The number of methoxy groups -OCH3 is 1. The summed E-state index contributed by atoms with van der Waals surface area (Å²) in [6.07, 6.45) is 28.1. The van der Waals surface area contributed by atoms with Crippen molar-refractivity contribution in [2.45, 2.75) is 173 Å². The number of benzene rings is 1. The molecule has 1 aromatic rings. The van der Waals surface area contributed by atoms with E-state index in [4.69, 9.17) is 14.2 Å². The number of rotatable bonds is 4. The van der Waals surface area contributed by atoms with Crippen LogP contribution in [-0.2, 0) is 20.9 Å². The van der Waals surface area contributed by atoms with Crippen LogP contribution in [0, 0.1) is 0 Å². The highest BCUT2D eigenvalue weighted by Gasteiger charge is 2.21. The second-order valence-corrected chi connectivity index (χ2v) is 12.3. The third-order valence-electron chi connectivity index (χ3n) is 8.55. The zero-order valence-electron chi connectivity index (χ0n) is 26.4. The number of cyclic esters (lactones) is 1. The maximum absolute atomic E-state index is 12.9. The summed E-state index contributed by atoms with van der Waals surface area (Å²) in [5.41, 5.74) is 1.02. The van der Waals surface area contributed by atoms with Crippen LogP contribution < -0.4 is 4.74 Å². The van der Waals surface area contributed by atoms with Gasteiger partial charge in [-0.3, -0.25) is 0 Å². The maximum Gasteiger partial charge on any atom is 0.335 e. The van der Waals surface area contributed by atoms with Crippen LogP contribution in [0.1, 0.15) is 160 Å². The average molecular weight is 575 g/mol. The van der Waals surface area contributed by atoms with Gasteiger partial charge >= 0.3 is 5.97 Å². The summed E-state index contributed by atoms with van der Waals surface area (Å²) in [5, 5.41) is 10.3. The molecule has 1 aromatic carbocycles. The van der Waals surface area contributed by atoms with Crippen molar-refractivity contribution in [3.05, 3.63) is 29.8 Å². The molecule has 41 heavy (non-hydrogen) atoms. The highest BCUT2D eigenvalue weighted by molar-refractivity contribution is 5.74. The van der Waals surface area contributed by atoms with Gasteiger partial charge < -0.3 is 19.3 Å². The van der Waals surface area contributed by atoms with Gasteiger partial charge in [0.25, 0.3) is 0 Å². The summed E-state index contributed by atoms with van der Waals surface area (Å²) >= 11 is 0. The van der Waals surface area contributed by atoms with E-state index in [0.29, 0.717) is 19.6 Å². The molecule has 0 saturated carbocycles. The Balaban J connectivity index is 1.76. The van der Waals surface area contributed by atoms with Gasteiger partial charge in [0.1, 0.15) is 5.75 Å². The van der Waals surface area contributed by atoms with E-state index in [0.717, 1.165) is 56.3 Å². The van der Waals surface area contributed by atoms with E-state index >= 15 is 0 Å². The van der Waals surface area contributed by atoms with Gasteiger partial charge in [0.2, 0.25) is 0 Å². The lowest BCUT2D eigenvalue weighted by atomic mass is 10.0. The first kappa shape index (κ1) is 35.6. The lowest BCUT2D eigenvalue weighted by molar-refractivity contribution is -0.158. The highest BCUT2D eigenvalue weighted by Crippen LogP contribution is 2.19. The molecule has 0 bridgehead atoms. The minimum Gasteiger partial charge on any atom is -0.497 e. The van der Waals surface area contributed by atoms with Gasteiger partial charge in [-0.05, 0) is 49.8 Å². The fraction of sp³-hybridized carbons (Fsp3) is 0.806. The summed E-state index contributed by atoms with van der Waals surface area (Å²) in [5.74, 6) is 0.563. The van der Waals surface area contributed by atoms with Gasteiger partial charge in [-0.25, -0.2) is 4.79 Å². The molecule has 1 aliphatic heterocycles. The van der Waals surface area contributed by atoms with E-state index in [1.807, 2.05) is 24.3 Å². The molecule has 1 saturated heterocycles. The molecule has 0 aromatic heterocycles. The van der Waals surface area contributed by atoms with Crippen LogP contribution in [0.3, 0.4) is 0 Å². The molecule has 2 rings (SSSR count). The topological polar surface area (TPSA) is 65.0 Å². The van der Waals surface area contributed by atoms with Gasteiger partial charge in [-0.1, -0.05) is 134 Å². The Bertz CT molecular complexity index is 734. The van der Waals surface area contributed by atoms with E-state index in [1.165, 1.54) is 103 Å². The van der Waals surface area contributed by atoms with Crippen molar-refractivity contribution in [1.29, 1.82) is 0 Å². The first-order valence-electron chi connectivity index (χ1n) is 17.3. The maximum atomic E-state index is 12.9. The zero-order valence-corrected chi connectivity index (χ0v) is 26.4. The minimum absolute atomic E-state index is 0.234. The SMILES string of the molecule is COc1ccc(CO[C@H]2CCCCCCCCCCCCCCCCCCCCCC(O)CCCCOC2=O)cc1. The van der Waals surface area contributed by atoms with E-state index < -0.39 is 6.10 Å². The average Bonchev–Trinajstić information content (AvgIpc) is 2.98. The number of aliphatic hydroxyl groups is 1. The highest BCUT2D eigenvalue weighted by atomic mass is 16.6. The molecular weight excluding hydrogens is 512 g/mol. The Morgan fingerprint density at radius 2 is 1.05 bits per heavy atom. The molecule has 0 amide bonds. The molecule has 0 radical (unpaired) electrons. The van der Waals surface area contributed by atoms with Gasteiger partial charge in [0.05, 0.1) is 26.4 Å². The Labute approximate surface area is 252 Å². The van der Waals surface area contributed by atoms with Crippen LogP contribution >= 0.6 is 0 Å². The van der Waals surface area contributed by atoms with Crippen LogP contribution in [0.4, 0.5) is 0 Å². The first-order chi connectivity index (χ1) is 20.2. The van der Waals surface area contributed by atoms with Crippen LogP contribution in [-0.4, -0.2) is 37.0 Å². The van der Waals surface area contributed by atoms with Crippen molar-refractivity contribution in [2.75, 3.05) is 13.7 Å². The van der Waals surface area contributed by atoms with Crippen LogP contribution in [0.15, 0.2) is 24.3 Å². The summed E-state index contributed by atoms with van der Waals surface area (Å²) in [6.45, 7) is 0.782. The number of hydrogen-bond donors (Lipinski definition) is 1. The number of esters is 1. The van der Waals surface area contributed by atoms with Crippen molar-refractivity contribution < 1.29 is 24.1 Å². The molecule has 1 fully saturated rings. The Kier molecular flexibility index (Phi) is 21.7. The number of hydrogen-bond acceptors (Lipinski definition) is 5. The monoisotopic (exact) mass is 574 g/mol. The minimum atomic E-state index is -0.529. The third kappa shape index (κ3) is 19.3. The van der Waals surface area contributed by atoms with E-state index in [1.54, 1.807) is 7.11 Å². The molecule has 5 heteroatoms. The molecule has 0 spiro atoms. The molecule has 236 valence electrons. The van der Waals surface area contributed by atoms with Crippen molar-refractivity contribution in [3.8, 4) is 5.75 Å². The predicted octanol–water partition coefficient (Wildman–Crippen LogP) is 9.86. The van der Waals surface area contributed by atoms with Crippen molar-refractivity contribution >= 4 is 5.97 Å². The smallest absolute Gasteiger partial charge is 0.335 e. The van der Waals surface area contributed by atoms with Crippen LogP contribution in [0.2, 0.25) is 0 Å². The summed E-state index contributed by atoms with van der Waals surface area (Å²) in [6, 6.07) is 7.78. The largest absolute Gasteiger partial charge is 0.497 e. The van der Waals surface area contributed by atoms with Crippen molar-refractivity contribution in [2.24, 2.45) is 0 Å². The molecule has 2 atom stereocenters. The van der Waals surface area contributed by atoms with Crippen LogP contribution in [0.5, 0.6) is 5.75 Å². The van der Waals surface area contributed by atoms with Crippen molar-refractivity contribution in [1.82, 2.24) is 0 Å². The van der Waals surface area contributed by atoms with Gasteiger partial charge in [0, 0.05) is 0 Å². The number of carbonyl (C=O) groups excluding carboxylic acids is 1. The van der Waals surface area contributed by atoms with E-state index in [2.05, 4.69) is 0 Å². The van der Waals surface area contributed by atoms with Gasteiger partial charge in [0.15, 0.2) is 6.10 Å². The number of ether oxygens (including phenoxy) is 3. The normalized spacial score (nSPS) is 23.8.